The van der Waals surface area contributed by atoms with Crippen LogP contribution in [0.25, 0.3) is 0 Å². The molecule has 2 aliphatic carbocycles. The van der Waals surface area contributed by atoms with Gasteiger partial charge in [-0.1, -0.05) is 52.0 Å². The normalized spacial score (nSPS) is 21.7. The summed E-state index contributed by atoms with van der Waals surface area (Å²) >= 11 is 0. The fourth-order valence-corrected chi connectivity index (χ4v) is 10.1. The molecule has 8 atom stereocenters. The molecule has 4 aliphatic rings. The lowest BCUT2D eigenvalue weighted by Gasteiger charge is -2.33. The minimum atomic E-state index is -0.727. The smallest absolute Gasteiger partial charge is 0.246 e. The van der Waals surface area contributed by atoms with Crippen molar-refractivity contribution in [3.63, 3.8) is 0 Å². The third kappa shape index (κ3) is 13.1. The maximum atomic E-state index is 13.9. The van der Waals surface area contributed by atoms with E-state index < -0.39 is 36.3 Å². The fraction of sp³-hybridized carbons (Fsp3) is 0.654. The van der Waals surface area contributed by atoms with Crippen molar-refractivity contribution in [1.29, 1.82) is 0 Å². The molecule has 6 rings (SSSR count). The lowest BCUT2D eigenvalue weighted by Crippen LogP contribution is -2.57. The molecule has 2 saturated heterocycles. The van der Waals surface area contributed by atoms with E-state index in [9.17, 15) is 28.8 Å². The summed E-state index contributed by atoms with van der Waals surface area (Å²) in [6.07, 6.45) is 7.51. The molecule has 17 nitrogen and oxygen atoms in total. The lowest BCUT2D eigenvalue weighted by atomic mass is 9.87. The highest BCUT2D eigenvalue weighted by molar-refractivity contribution is 5.95. The van der Waals surface area contributed by atoms with Crippen molar-refractivity contribution in [2.24, 2.45) is 11.8 Å². The van der Waals surface area contributed by atoms with Gasteiger partial charge in [0.2, 0.25) is 35.4 Å². The number of rotatable bonds is 22. The molecule has 6 amide bonds. The van der Waals surface area contributed by atoms with Crippen LogP contribution < -0.4 is 41.4 Å². The number of fused-ring (bicyclic) bond motifs is 2. The predicted molar refractivity (Wildman–Crippen MR) is 262 cm³/mol. The summed E-state index contributed by atoms with van der Waals surface area (Å²) in [5, 5.41) is 18.1. The third-order valence-corrected chi connectivity index (χ3v) is 14.3. The van der Waals surface area contributed by atoms with Crippen molar-refractivity contribution in [2.45, 2.75) is 154 Å². The van der Waals surface area contributed by atoms with Gasteiger partial charge in [0.25, 0.3) is 0 Å². The quantitative estimate of drug-likeness (QED) is 0.0940. The van der Waals surface area contributed by atoms with Crippen LogP contribution in [0.4, 0.5) is 0 Å². The first-order valence-corrected chi connectivity index (χ1v) is 25.4. The first-order valence-electron chi connectivity index (χ1n) is 25.4. The van der Waals surface area contributed by atoms with E-state index in [2.05, 4.69) is 31.9 Å². The molecule has 1 unspecified atom stereocenters. The summed E-state index contributed by atoms with van der Waals surface area (Å²) in [6, 6.07) is 7.87. The zero-order valence-corrected chi connectivity index (χ0v) is 42.1. The molecule has 69 heavy (non-hydrogen) atoms. The van der Waals surface area contributed by atoms with E-state index in [-0.39, 0.29) is 59.4 Å². The molecule has 0 bridgehead atoms. The zero-order chi connectivity index (χ0) is 49.8. The number of nitrogens with one attached hydrogen (secondary N) is 6. The first kappa shape index (κ1) is 53.1. The summed E-state index contributed by atoms with van der Waals surface area (Å²) in [7, 11) is 3.39. The fourth-order valence-electron chi connectivity index (χ4n) is 10.1. The summed E-state index contributed by atoms with van der Waals surface area (Å²) in [5.41, 5.74) is 4.17. The molecular formula is C52H78N8O9. The van der Waals surface area contributed by atoms with Crippen LogP contribution in [0.5, 0.6) is 11.5 Å². The van der Waals surface area contributed by atoms with E-state index in [1.54, 1.807) is 37.7 Å². The zero-order valence-electron chi connectivity index (χ0n) is 42.1. The summed E-state index contributed by atoms with van der Waals surface area (Å²) in [4.78, 5) is 84.0. The second kappa shape index (κ2) is 25.0. The minimum absolute atomic E-state index is 0.147. The highest BCUT2D eigenvalue weighted by atomic mass is 16.5. The Labute approximate surface area is 408 Å². The number of hydrogen-bond donors (Lipinski definition) is 6. The van der Waals surface area contributed by atoms with Gasteiger partial charge in [-0.25, -0.2) is 0 Å². The number of likely N-dealkylation sites (tertiary alicyclic amines) is 2. The monoisotopic (exact) mass is 959 g/mol. The van der Waals surface area contributed by atoms with Crippen LogP contribution in [0.15, 0.2) is 36.4 Å². The van der Waals surface area contributed by atoms with Crippen molar-refractivity contribution < 1.29 is 43.0 Å². The molecule has 0 aromatic heterocycles. The molecule has 0 radical (unpaired) electrons. The summed E-state index contributed by atoms with van der Waals surface area (Å²) in [6.45, 7) is 13.4. The van der Waals surface area contributed by atoms with Gasteiger partial charge in [-0.15, -0.1) is 0 Å². The van der Waals surface area contributed by atoms with Gasteiger partial charge in [-0.2, -0.15) is 0 Å². The van der Waals surface area contributed by atoms with Crippen molar-refractivity contribution in [3.8, 4) is 11.5 Å². The maximum absolute atomic E-state index is 13.9. The Balaban J connectivity index is 0.966. The molecule has 380 valence electrons. The Morgan fingerprint density at radius 2 is 0.971 bits per heavy atom. The van der Waals surface area contributed by atoms with Gasteiger partial charge < -0.3 is 55.9 Å². The van der Waals surface area contributed by atoms with Crippen LogP contribution in [-0.4, -0.2) is 135 Å². The minimum Gasteiger partial charge on any atom is -0.491 e. The Bertz CT molecular complexity index is 1970. The Kier molecular flexibility index (Phi) is 19.3. The van der Waals surface area contributed by atoms with Gasteiger partial charge in [-0.05, 0) is 138 Å². The van der Waals surface area contributed by atoms with E-state index in [1.807, 2.05) is 64.1 Å². The molecule has 2 heterocycles. The molecule has 2 aromatic rings. The van der Waals surface area contributed by atoms with E-state index in [1.165, 1.54) is 0 Å². The second-order valence-corrected chi connectivity index (χ2v) is 19.7. The number of hydrogen-bond acceptors (Lipinski definition) is 11. The molecular weight excluding hydrogens is 881 g/mol. The largest absolute Gasteiger partial charge is 0.491 e. The van der Waals surface area contributed by atoms with E-state index in [0.717, 1.165) is 72.3 Å². The molecule has 2 aromatic carbocycles. The SMILES string of the molecule is CN[C@@H](C)C(=O)NC(C(=O)N1CCC[C@H]1C(=O)N[C@@H]1CCCc2c(OCCOCCOc3cccc4c3CCC[C@H]4NC(=O)[C@@H]3CCCN3C(=O)[C@@H](NC(=O)[C@H](C)NC)C(C)C)cccc21)C(C)C. The first-order chi connectivity index (χ1) is 33.1. The van der Waals surface area contributed by atoms with Gasteiger partial charge in [0, 0.05) is 13.1 Å². The number of benzene rings is 2. The molecule has 0 saturated carbocycles. The van der Waals surface area contributed by atoms with Gasteiger partial charge in [-0.3, -0.25) is 28.8 Å². The van der Waals surface area contributed by atoms with Crippen LogP contribution in [0, 0.1) is 11.8 Å². The Morgan fingerprint density at radius 1 is 0.565 bits per heavy atom. The number of amides is 6. The van der Waals surface area contributed by atoms with Crippen molar-refractivity contribution in [2.75, 3.05) is 53.6 Å². The molecule has 2 fully saturated rings. The predicted octanol–water partition coefficient (Wildman–Crippen LogP) is 3.63. The second-order valence-electron chi connectivity index (χ2n) is 19.7. The van der Waals surface area contributed by atoms with Crippen LogP contribution >= 0.6 is 0 Å². The number of nitrogens with zero attached hydrogens (tertiary/aromatic N) is 2. The van der Waals surface area contributed by atoms with Crippen molar-refractivity contribution in [1.82, 2.24) is 41.7 Å². The summed E-state index contributed by atoms with van der Waals surface area (Å²) in [5.74, 6) is -0.0867. The van der Waals surface area contributed by atoms with Crippen LogP contribution in [0.2, 0.25) is 0 Å². The number of likely N-dealkylation sites (N-methyl/N-ethyl adjacent to an activating group) is 2. The molecule has 2 aliphatic heterocycles. The average Bonchev–Trinajstić information content (AvgIpc) is 4.05. The topological polar surface area (TPSA) is 209 Å². The van der Waals surface area contributed by atoms with Crippen LogP contribution in [0.1, 0.15) is 127 Å². The standard InChI is InChI=1S/C52H78N8O9/c1-31(2)45(57-47(61)33(5)53-7)51(65)59-25-13-21-41(59)49(63)55-39-19-9-17-37-35(39)15-11-23-43(37)68-29-27-67-28-30-69-44-24-12-16-36-38(44)18-10-20-40(36)56-50(64)42-22-14-26-60(42)52(66)46(32(3)4)58-48(62)34(6)54-8/h11-12,15-16,23-24,31-34,39-42,45-46,53-54H,9-10,13-14,17-22,25-30H2,1-8H3,(H,55,63)(H,56,64)(H,57,61)(H,58,62)/t33-,34-,39+,40+,41-,42-,45-,46?/m0/s1. The number of ether oxygens (including phenoxy) is 3. The van der Waals surface area contributed by atoms with Crippen molar-refractivity contribution >= 4 is 35.4 Å². The highest BCUT2D eigenvalue weighted by Gasteiger charge is 2.42. The van der Waals surface area contributed by atoms with Gasteiger partial charge in [0.05, 0.1) is 37.4 Å². The third-order valence-electron chi connectivity index (χ3n) is 14.3. The van der Waals surface area contributed by atoms with E-state index in [4.69, 9.17) is 14.2 Å². The Hall–Kier alpha value is -5.26. The molecule has 17 heteroatoms. The maximum Gasteiger partial charge on any atom is 0.246 e. The van der Waals surface area contributed by atoms with Crippen molar-refractivity contribution in [3.05, 3.63) is 58.7 Å². The highest BCUT2D eigenvalue weighted by Crippen LogP contribution is 2.37. The molecule has 0 spiro atoms. The number of carbonyl (C=O) groups is 6. The molecule has 6 N–H and O–H groups in total. The van der Waals surface area contributed by atoms with Gasteiger partial charge >= 0.3 is 0 Å². The van der Waals surface area contributed by atoms with E-state index in [0.29, 0.717) is 65.2 Å². The lowest BCUT2D eigenvalue weighted by molar-refractivity contribution is -0.142. The van der Waals surface area contributed by atoms with Gasteiger partial charge in [0.1, 0.15) is 48.9 Å². The summed E-state index contributed by atoms with van der Waals surface area (Å²) < 4.78 is 18.5. The van der Waals surface area contributed by atoms with Crippen LogP contribution in [-0.2, 0) is 46.3 Å². The van der Waals surface area contributed by atoms with Gasteiger partial charge in [0.15, 0.2) is 0 Å². The average molecular weight is 959 g/mol. The van der Waals surface area contributed by atoms with Crippen LogP contribution in [0.3, 0.4) is 0 Å². The number of carbonyl (C=O) groups excluding carboxylic acids is 6. The van der Waals surface area contributed by atoms with E-state index >= 15 is 0 Å². The Morgan fingerprint density at radius 3 is 1.35 bits per heavy atom.